The third kappa shape index (κ3) is 41.5. The Morgan fingerprint density at radius 1 is 0.549 bits per heavy atom. The lowest BCUT2D eigenvalue weighted by Crippen LogP contribution is -2.62. The number of phenols is 1. The zero-order valence-electron chi connectivity index (χ0n) is 81.6. The van der Waals surface area contributed by atoms with E-state index in [0.29, 0.717) is 22.0 Å². The number of guanidine groups is 3. The van der Waals surface area contributed by atoms with Crippen molar-refractivity contribution >= 4 is 186 Å². The van der Waals surface area contributed by atoms with Gasteiger partial charge in [0.2, 0.25) is 94.3 Å². The quantitative estimate of drug-likeness (QED) is 0.00626. The molecule has 2 aliphatic rings. The summed E-state index contributed by atoms with van der Waals surface area (Å²) in [7, 11) is 1.51. The maximum absolute atomic E-state index is 15.9. The Hall–Kier alpha value is -12.8. The number of nitrogens with zero attached hydrogens (tertiary/aromatic N) is 1. The molecule has 0 radical (unpaired) electrons. The average molecular weight is 2100 g/mol. The first-order valence-corrected chi connectivity index (χ1v) is 52.0. The highest BCUT2D eigenvalue weighted by Crippen LogP contribution is 2.28. The van der Waals surface area contributed by atoms with Gasteiger partial charge in [0.25, 0.3) is 0 Å². The van der Waals surface area contributed by atoms with Gasteiger partial charge in [-0.25, -0.2) is 15.6 Å². The van der Waals surface area contributed by atoms with Crippen LogP contribution in [-0.2, 0) is 104 Å². The molecule has 14 amide bonds. The molecule has 2 fully saturated rings. The van der Waals surface area contributed by atoms with Crippen molar-refractivity contribution in [3.05, 3.63) is 65.9 Å². The summed E-state index contributed by atoms with van der Waals surface area (Å²) in [6.07, 6.45) is -1.09. The number of hydrogen-bond donors (Lipinski definition) is 31. The largest absolute Gasteiger partial charge is 0.508 e. The van der Waals surface area contributed by atoms with E-state index in [0.717, 1.165) is 33.4 Å². The van der Waals surface area contributed by atoms with E-state index in [9.17, 15) is 78.3 Å². The molecule has 0 saturated carbocycles. The second kappa shape index (κ2) is 62.0. The molecule has 3 aromatic rings. The fourth-order valence-electron chi connectivity index (χ4n) is 15.1. The number of ketones is 2. The molecule has 3 heterocycles. The molecular formula is C89H139N27O24S4. The highest BCUT2D eigenvalue weighted by molar-refractivity contribution is 8.76. The van der Waals surface area contributed by atoms with Crippen LogP contribution in [0.15, 0.2) is 54.7 Å². The fourth-order valence-corrected chi connectivity index (χ4v) is 18.3. The number of hydrogen-bond acceptors (Lipinski definition) is 31. The average Bonchev–Trinajstić information content (AvgIpc) is 1.69. The second-order valence-electron chi connectivity index (χ2n) is 35.5. The van der Waals surface area contributed by atoms with Crippen LogP contribution >= 0.6 is 45.1 Å². The summed E-state index contributed by atoms with van der Waals surface area (Å²) in [4.78, 5) is 278. The van der Waals surface area contributed by atoms with Crippen LogP contribution < -0.4 is 119 Å². The van der Waals surface area contributed by atoms with Gasteiger partial charge in [-0.05, 0) is 149 Å². The standard InChI is InChI=1S/C89H139N27O24S4/c1-43(2)67-83(136)101-40-64(119)102-53(18-12-30-97-87(91)92)73(126)111-68(44(3)4)84(137)107-59(36-47-22-24-49(118)25-23-47)78(131)105-58(20-14-32-99-89(95)96)85(138)116-33-15-21-63(116)82(135)109-62(81(134)106-60(37-48-39-100-52-17-11-10-16-50(48)52)79(132)103-54(26-27-65(120)121)74(127)112-69(45(5)6)86(139)140)42-144-143-41-61(80(133)104-55(28-34-141-8)75(128)110-67)108-76(129)56(19-13-31-98-88(93)94)114-115-57(29-35-142-9)77(130)113-70(46(7)117)72(125)71(124)51(90)38-66(122)123/h10-11,16-17,22-25,39,43-46,51,53-63,67-70,100,114-115,117-118H,12-15,18-21,26-38,40-42,90H2,1-9H3,(H,101,136)(H,102,119)(H,103,132)(H,104,133)(H,105,131)(H,106,134)(H,107,137)(H,108,129)(H,109,135)(H,110,128)(H,111,126)(H,112,127)(H,113,130)(H,120,121)(H,122,123)(H,139,140)(H4,91,92,97)(H4,93,94,98)(H4,95,96,99). The Morgan fingerprint density at radius 2 is 1.09 bits per heavy atom. The number of phenolic OH excluding ortho intramolecular Hbond substituents is 1. The van der Waals surface area contributed by atoms with E-state index in [1.165, 1.54) is 67.8 Å². The van der Waals surface area contributed by atoms with Crippen LogP contribution in [0.1, 0.15) is 143 Å². The molecule has 17 atom stereocenters. The highest BCUT2D eigenvalue weighted by Gasteiger charge is 2.44. The Kier molecular flexibility index (Phi) is 52.4. The zero-order chi connectivity index (χ0) is 107. The summed E-state index contributed by atoms with van der Waals surface area (Å²) in [6, 6.07) is -14.4. The minimum Gasteiger partial charge on any atom is -0.508 e. The number of nitrogens with two attached hydrogens (primary N) is 4. The van der Waals surface area contributed by atoms with Crippen molar-refractivity contribution in [3.8, 4) is 5.75 Å². The Balaban J connectivity index is 1.80. The number of rotatable bonds is 48. The molecule has 2 aliphatic heterocycles. The summed E-state index contributed by atoms with van der Waals surface area (Å²) in [5, 5.41) is 116. The number of aliphatic carboxylic acids is 3. The molecule has 2 aromatic carbocycles. The van der Waals surface area contributed by atoms with Crippen LogP contribution in [-0.4, -0.2) is 336 Å². The molecule has 0 aliphatic carbocycles. The SMILES string of the molecule is CSCCC(NNC(CCCNC(=N)N)C(=O)NC1CSSCC(C(=O)NC(Cc2c[nH]c3ccccc23)C(=O)NC(CCC(=O)O)C(=O)NC(C(=O)O)C(C)C)NC(=O)C2CCCN2C(=O)C(CCCNC(=N)N)NC(=O)C(Cc2ccc(O)cc2)NC(=O)C(C(C)C)NC(=O)C(CCCNC(=N)N)NC(=O)CNC(=O)C(C(C)C)NC(=O)C(CCSC)NC1=O)C(=O)NC(C(=O)C(=O)C(N)CC(=O)O)C(C)O. The number of Topliss-reactive ketones (excluding diaryl/α,β-unsaturated/α-hetero) is 2. The van der Waals surface area contributed by atoms with Gasteiger partial charge in [-0.3, -0.25) is 103 Å². The van der Waals surface area contributed by atoms with Gasteiger partial charge < -0.3 is 143 Å². The van der Waals surface area contributed by atoms with Crippen LogP contribution in [0.5, 0.6) is 5.75 Å². The van der Waals surface area contributed by atoms with Gasteiger partial charge in [0, 0.05) is 74.0 Å². The zero-order valence-corrected chi connectivity index (χ0v) is 84.9. The maximum atomic E-state index is 15.9. The number of carboxylic acid groups (broad SMARTS) is 3. The van der Waals surface area contributed by atoms with Crippen LogP contribution in [0.2, 0.25) is 0 Å². The summed E-state index contributed by atoms with van der Waals surface area (Å²) in [6.45, 7) is 9.03. The van der Waals surface area contributed by atoms with E-state index >= 15 is 38.4 Å². The van der Waals surface area contributed by atoms with Gasteiger partial charge in [-0.2, -0.15) is 23.5 Å². The molecule has 17 unspecified atom stereocenters. The number of hydrazine groups is 1. The molecular weight excluding hydrogens is 1960 g/mol. The van der Waals surface area contributed by atoms with E-state index in [1.54, 1.807) is 64.5 Å². The molecule has 0 bridgehead atoms. The Bertz CT molecular complexity index is 4960. The molecule has 55 heteroatoms. The van der Waals surface area contributed by atoms with Crippen molar-refractivity contribution < 1.29 is 117 Å². The van der Waals surface area contributed by atoms with Crippen molar-refractivity contribution in [3.63, 3.8) is 0 Å². The number of fused-ring (bicyclic) bond motifs is 2. The summed E-state index contributed by atoms with van der Waals surface area (Å²) in [5.74, 6) is -26.5. The first-order valence-electron chi connectivity index (χ1n) is 46.8. The number of amides is 14. The number of carbonyl (C=O) groups excluding carboxylic acids is 16. The number of aliphatic hydroxyl groups excluding tert-OH is 1. The minimum absolute atomic E-state index is 0.00542. The molecule has 2 saturated heterocycles. The number of para-hydroxylation sites is 1. The molecule has 0 spiro atoms. The van der Waals surface area contributed by atoms with Gasteiger partial charge in [0.1, 0.15) is 96.4 Å². The molecule has 51 nitrogen and oxygen atoms in total. The number of aromatic nitrogens is 1. The third-order valence-electron chi connectivity index (χ3n) is 23.0. The van der Waals surface area contributed by atoms with Gasteiger partial charge in [0.15, 0.2) is 17.9 Å². The van der Waals surface area contributed by atoms with Gasteiger partial charge in [-0.1, -0.05) is 93.5 Å². The van der Waals surface area contributed by atoms with Crippen LogP contribution in [0.4, 0.5) is 0 Å². The van der Waals surface area contributed by atoms with Gasteiger partial charge in [-0.15, -0.1) is 0 Å². The molecule has 1 aromatic heterocycles. The van der Waals surface area contributed by atoms with E-state index < -0.39 is 294 Å². The van der Waals surface area contributed by atoms with Crippen LogP contribution in [0, 0.1) is 34.0 Å². The number of aliphatic hydroxyl groups is 1. The van der Waals surface area contributed by atoms with Crippen molar-refractivity contribution in [2.45, 2.75) is 248 Å². The first kappa shape index (κ1) is 122. The third-order valence-corrected chi connectivity index (χ3v) is 26.7. The number of carboxylic acids is 3. The maximum Gasteiger partial charge on any atom is 0.326 e. The fraction of sp³-hybridized carbons (Fsp3) is 0.596. The summed E-state index contributed by atoms with van der Waals surface area (Å²) in [5.41, 5.74) is 29.4. The minimum atomic E-state index is -1.99. The van der Waals surface area contributed by atoms with Crippen LogP contribution in [0.3, 0.4) is 0 Å². The number of aromatic hydroxyl groups is 1. The number of H-pyrrole nitrogens is 1. The topological polar surface area (TPSA) is 837 Å². The lowest BCUT2D eigenvalue weighted by molar-refractivity contribution is -0.144. The van der Waals surface area contributed by atoms with E-state index in [1.807, 2.05) is 0 Å². The Morgan fingerprint density at radius 3 is 1.67 bits per heavy atom. The number of carbonyl (C=O) groups is 19. The first-order chi connectivity index (χ1) is 68.0. The van der Waals surface area contributed by atoms with Crippen molar-refractivity contribution in [1.82, 2.24) is 106 Å². The van der Waals surface area contributed by atoms with Crippen molar-refractivity contribution in [2.75, 3.05) is 68.2 Å². The predicted octanol–water partition coefficient (Wildman–Crippen LogP) is -5.66. The summed E-state index contributed by atoms with van der Waals surface area (Å²) >= 11 is 2.47. The van der Waals surface area contributed by atoms with Gasteiger partial charge >= 0.3 is 17.9 Å². The highest BCUT2D eigenvalue weighted by atomic mass is 33.1. The lowest BCUT2D eigenvalue weighted by atomic mass is 9.97. The number of benzene rings is 2. The molecule has 5 rings (SSSR count). The second-order valence-corrected chi connectivity index (χ2v) is 40.0. The molecule has 798 valence electrons. The molecule has 35 N–H and O–H groups in total. The smallest absolute Gasteiger partial charge is 0.326 e. The number of aromatic amines is 1. The number of nitrogens with one attached hydrogen (secondary N) is 22. The lowest BCUT2D eigenvalue weighted by Gasteiger charge is -2.31. The summed E-state index contributed by atoms with van der Waals surface area (Å²) < 4.78 is 0. The van der Waals surface area contributed by atoms with E-state index in [-0.39, 0.29) is 114 Å². The monoisotopic (exact) mass is 2100 g/mol. The van der Waals surface area contributed by atoms with E-state index in [2.05, 4.69) is 101 Å². The Labute approximate surface area is 848 Å². The van der Waals surface area contributed by atoms with Crippen molar-refractivity contribution in [2.24, 2.45) is 40.7 Å². The predicted molar refractivity (Wildman–Crippen MR) is 538 cm³/mol. The van der Waals surface area contributed by atoms with Gasteiger partial charge in [0.05, 0.1) is 25.1 Å². The number of thioether (sulfide) groups is 2. The normalized spacial score (nSPS) is 20.8. The van der Waals surface area contributed by atoms with Crippen molar-refractivity contribution in [1.29, 1.82) is 16.2 Å². The molecule has 144 heavy (non-hydrogen) atoms. The van der Waals surface area contributed by atoms with Crippen LogP contribution in [0.25, 0.3) is 10.9 Å². The van der Waals surface area contributed by atoms with E-state index in [4.69, 9.17) is 39.2 Å².